The lowest BCUT2D eigenvalue weighted by molar-refractivity contribution is 0.625. The minimum Gasteiger partial charge on any atom is -0.207 e. The first-order valence-electron chi connectivity index (χ1n) is 7.03. The highest BCUT2D eigenvalue weighted by molar-refractivity contribution is 6.22. The van der Waals surface area contributed by atoms with Crippen LogP contribution in [-0.2, 0) is 0 Å². The van der Waals surface area contributed by atoms with Gasteiger partial charge in [0.05, 0.1) is 5.38 Å². The maximum Gasteiger partial charge on any atom is 0.123 e. The van der Waals surface area contributed by atoms with Crippen LogP contribution in [0.25, 0.3) is 0 Å². The molecule has 0 aliphatic carbocycles. The van der Waals surface area contributed by atoms with Crippen LogP contribution < -0.4 is 0 Å². The summed E-state index contributed by atoms with van der Waals surface area (Å²) in [6.07, 6.45) is 1.13. The highest BCUT2D eigenvalue weighted by atomic mass is 35.5. The first kappa shape index (κ1) is 15.1. The van der Waals surface area contributed by atoms with E-state index in [-0.39, 0.29) is 11.2 Å². The van der Waals surface area contributed by atoms with Crippen molar-refractivity contribution < 1.29 is 4.39 Å². The van der Waals surface area contributed by atoms with Gasteiger partial charge in [-0.3, -0.25) is 0 Å². The molecule has 0 aliphatic rings. The van der Waals surface area contributed by atoms with Gasteiger partial charge >= 0.3 is 0 Å². The van der Waals surface area contributed by atoms with Crippen LogP contribution in [0.2, 0.25) is 0 Å². The summed E-state index contributed by atoms with van der Waals surface area (Å²) in [7, 11) is 0. The number of benzene rings is 2. The SMILES string of the molecule is CCC(C)c1ccc(C(Cl)c2ccc(F)cc2C)cc1. The van der Waals surface area contributed by atoms with Crippen molar-refractivity contribution in [1.29, 1.82) is 0 Å². The van der Waals surface area contributed by atoms with Crippen LogP contribution in [0.15, 0.2) is 42.5 Å². The predicted octanol–water partition coefficient (Wildman–Crippen LogP) is 5.98. The van der Waals surface area contributed by atoms with Crippen LogP contribution in [-0.4, -0.2) is 0 Å². The van der Waals surface area contributed by atoms with Gasteiger partial charge in [-0.1, -0.05) is 44.2 Å². The van der Waals surface area contributed by atoms with Gasteiger partial charge in [0, 0.05) is 0 Å². The van der Waals surface area contributed by atoms with Gasteiger partial charge < -0.3 is 0 Å². The number of hydrogen-bond donors (Lipinski definition) is 0. The molecular weight excluding hydrogens is 271 g/mol. The lowest BCUT2D eigenvalue weighted by Crippen LogP contribution is -1.98. The third-order valence-electron chi connectivity index (χ3n) is 3.92. The van der Waals surface area contributed by atoms with Crippen LogP contribution in [0.5, 0.6) is 0 Å². The summed E-state index contributed by atoms with van der Waals surface area (Å²) in [4.78, 5) is 0. The first-order valence-corrected chi connectivity index (χ1v) is 7.46. The van der Waals surface area contributed by atoms with Crippen LogP contribution in [0, 0.1) is 12.7 Å². The highest BCUT2D eigenvalue weighted by Crippen LogP contribution is 2.32. The van der Waals surface area contributed by atoms with E-state index in [2.05, 4.69) is 38.1 Å². The molecule has 0 N–H and O–H groups in total. The smallest absolute Gasteiger partial charge is 0.123 e. The fourth-order valence-corrected chi connectivity index (χ4v) is 2.72. The zero-order valence-electron chi connectivity index (χ0n) is 12.2. The molecule has 0 nitrogen and oxygen atoms in total. The van der Waals surface area contributed by atoms with E-state index in [1.165, 1.54) is 17.7 Å². The third kappa shape index (κ3) is 3.21. The minimum absolute atomic E-state index is 0.220. The Kier molecular flexibility index (Phi) is 4.82. The Hall–Kier alpha value is -1.34. The van der Waals surface area contributed by atoms with E-state index >= 15 is 0 Å². The van der Waals surface area contributed by atoms with E-state index < -0.39 is 0 Å². The molecule has 0 fully saturated rings. The second-order valence-corrected chi connectivity index (χ2v) is 5.78. The van der Waals surface area contributed by atoms with Gasteiger partial charge in [-0.15, -0.1) is 11.6 Å². The van der Waals surface area contributed by atoms with Gasteiger partial charge in [-0.2, -0.15) is 0 Å². The Morgan fingerprint density at radius 1 is 1.05 bits per heavy atom. The van der Waals surface area contributed by atoms with Crippen molar-refractivity contribution in [1.82, 2.24) is 0 Å². The van der Waals surface area contributed by atoms with Crippen molar-refractivity contribution in [2.45, 2.75) is 38.5 Å². The Balaban J connectivity index is 2.26. The van der Waals surface area contributed by atoms with E-state index in [1.54, 1.807) is 6.07 Å². The van der Waals surface area contributed by atoms with E-state index in [1.807, 2.05) is 6.92 Å². The zero-order valence-corrected chi connectivity index (χ0v) is 12.9. The second kappa shape index (κ2) is 6.41. The normalized spacial score (nSPS) is 14.1. The van der Waals surface area contributed by atoms with Crippen molar-refractivity contribution in [2.24, 2.45) is 0 Å². The molecule has 0 aromatic heterocycles. The molecule has 2 aromatic rings. The number of hydrogen-bond acceptors (Lipinski definition) is 0. The second-order valence-electron chi connectivity index (χ2n) is 5.34. The summed E-state index contributed by atoms with van der Waals surface area (Å²) in [6.45, 7) is 6.30. The highest BCUT2D eigenvalue weighted by Gasteiger charge is 2.14. The molecule has 2 heteroatoms. The standard InChI is InChI=1S/C18H20ClF/c1-4-12(2)14-5-7-15(8-6-14)18(19)17-10-9-16(20)11-13(17)3/h5-12,18H,4H2,1-3H3. The Morgan fingerprint density at radius 2 is 1.65 bits per heavy atom. The van der Waals surface area contributed by atoms with Crippen LogP contribution in [0.1, 0.15) is 53.8 Å². The lowest BCUT2D eigenvalue weighted by atomic mass is 9.95. The molecule has 0 radical (unpaired) electrons. The fourth-order valence-electron chi connectivity index (χ4n) is 2.33. The van der Waals surface area contributed by atoms with Crippen LogP contribution in [0.4, 0.5) is 4.39 Å². The predicted molar refractivity (Wildman–Crippen MR) is 84.0 cm³/mol. The largest absolute Gasteiger partial charge is 0.207 e. The topological polar surface area (TPSA) is 0 Å². The fraction of sp³-hybridized carbons (Fsp3) is 0.333. The van der Waals surface area contributed by atoms with Gasteiger partial charge in [-0.05, 0) is 53.6 Å². The molecule has 2 unspecified atom stereocenters. The number of alkyl halides is 1. The molecule has 106 valence electrons. The summed E-state index contributed by atoms with van der Waals surface area (Å²) in [6, 6.07) is 13.2. The summed E-state index contributed by atoms with van der Waals surface area (Å²) in [5, 5.41) is -0.235. The maximum atomic E-state index is 13.2. The molecular formula is C18H20ClF. The van der Waals surface area contributed by atoms with Crippen molar-refractivity contribution in [3.63, 3.8) is 0 Å². The van der Waals surface area contributed by atoms with Gasteiger partial charge in [0.15, 0.2) is 0 Å². The Bertz CT molecular complexity index is 574. The number of halogens is 2. The quantitative estimate of drug-likeness (QED) is 0.608. The Labute approximate surface area is 125 Å². The molecule has 2 rings (SSSR count). The van der Waals surface area contributed by atoms with Crippen molar-refractivity contribution >= 4 is 11.6 Å². The molecule has 2 atom stereocenters. The molecule has 0 bridgehead atoms. The lowest BCUT2D eigenvalue weighted by Gasteiger charge is -2.15. The summed E-state index contributed by atoms with van der Waals surface area (Å²) < 4.78 is 13.2. The average molecular weight is 291 g/mol. The molecule has 0 saturated carbocycles. The van der Waals surface area contributed by atoms with Crippen molar-refractivity contribution in [3.8, 4) is 0 Å². The molecule has 0 aliphatic heterocycles. The van der Waals surface area contributed by atoms with Crippen molar-refractivity contribution in [2.75, 3.05) is 0 Å². The van der Waals surface area contributed by atoms with E-state index in [0.29, 0.717) is 5.92 Å². The summed E-state index contributed by atoms with van der Waals surface area (Å²) in [5.41, 5.74) is 4.23. The summed E-state index contributed by atoms with van der Waals surface area (Å²) in [5.74, 6) is 0.340. The molecule has 0 heterocycles. The minimum atomic E-state index is -0.235. The first-order chi connectivity index (χ1) is 9.52. The van der Waals surface area contributed by atoms with E-state index in [4.69, 9.17) is 11.6 Å². The summed E-state index contributed by atoms with van der Waals surface area (Å²) >= 11 is 6.53. The monoisotopic (exact) mass is 290 g/mol. The van der Waals surface area contributed by atoms with E-state index in [9.17, 15) is 4.39 Å². The van der Waals surface area contributed by atoms with Gasteiger partial charge in [-0.25, -0.2) is 4.39 Å². The zero-order chi connectivity index (χ0) is 14.7. The van der Waals surface area contributed by atoms with Crippen LogP contribution in [0.3, 0.4) is 0 Å². The molecule has 0 amide bonds. The maximum absolute atomic E-state index is 13.2. The van der Waals surface area contributed by atoms with Crippen molar-refractivity contribution in [3.05, 3.63) is 70.5 Å². The van der Waals surface area contributed by atoms with Crippen LogP contribution >= 0.6 is 11.6 Å². The van der Waals surface area contributed by atoms with Gasteiger partial charge in [0.2, 0.25) is 0 Å². The molecule has 2 aromatic carbocycles. The number of rotatable bonds is 4. The molecule has 0 spiro atoms. The van der Waals surface area contributed by atoms with Gasteiger partial charge in [0.1, 0.15) is 5.82 Å². The molecule has 0 saturated heterocycles. The third-order valence-corrected chi connectivity index (χ3v) is 4.40. The molecule has 20 heavy (non-hydrogen) atoms. The Morgan fingerprint density at radius 3 is 2.20 bits per heavy atom. The average Bonchev–Trinajstić information content (AvgIpc) is 2.46. The number of aryl methyl sites for hydroxylation is 1. The van der Waals surface area contributed by atoms with Gasteiger partial charge in [0.25, 0.3) is 0 Å². The van der Waals surface area contributed by atoms with E-state index in [0.717, 1.165) is 23.1 Å².